The van der Waals surface area contributed by atoms with Crippen LogP contribution >= 0.6 is 0 Å². The molecule has 4 heteroatoms. The Labute approximate surface area is 83.7 Å². The molecule has 14 heavy (non-hydrogen) atoms. The lowest BCUT2D eigenvalue weighted by atomic mass is 10.2. The van der Waals surface area contributed by atoms with Crippen molar-refractivity contribution in [2.24, 2.45) is 5.84 Å². The van der Waals surface area contributed by atoms with Crippen LogP contribution in [0, 0.1) is 0 Å². The van der Waals surface area contributed by atoms with Crippen LogP contribution in [0.4, 0.5) is 5.69 Å². The molecule has 0 aliphatic rings. The molecule has 1 atom stereocenters. The Morgan fingerprint density at radius 1 is 1.50 bits per heavy atom. The highest BCUT2D eigenvalue weighted by molar-refractivity contribution is 5.47. The summed E-state index contributed by atoms with van der Waals surface area (Å²) in [6.07, 6.45) is 0.614. The van der Waals surface area contributed by atoms with E-state index in [1.807, 2.05) is 37.3 Å². The zero-order valence-electron chi connectivity index (χ0n) is 8.18. The van der Waals surface area contributed by atoms with E-state index < -0.39 is 0 Å². The van der Waals surface area contributed by atoms with Crippen molar-refractivity contribution in [1.82, 2.24) is 5.01 Å². The fourth-order valence-corrected chi connectivity index (χ4v) is 1.22. The smallest absolute Gasteiger partial charge is 0.223 e. The molecule has 0 saturated heterocycles. The number of hydrazine groups is 1. The Morgan fingerprint density at radius 2 is 2.14 bits per heavy atom. The van der Waals surface area contributed by atoms with Crippen LogP contribution in [0.5, 0.6) is 0 Å². The number of hydrogen-bond donors (Lipinski definition) is 2. The lowest BCUT2D eigenvalue weighted by Crippen LogP contribution is -2.38. The summed E-state index contributed by atoms with van der Waals surface area (Å²) >= 11 is 0. The molecule has 0 saturated carbocycles. The third kappa shape index (κ3) is 3.45. The number of amides is 1. The Balaban J connectivity index is 2.41. The van der Waals surface area contributed by atoms with Gasteiger partial charge in [0.25, 0.3) is 0 Å². The standard InChI is InChI=1S/C10H15N3O/c1-9(7-13(11)8-14)12-10-5-3-2-4-6-10/h2-6,8-9,12H,7,11H2,1H3. The van der Waals surface area contributed by atoms with Gasteiger partial charge in [-0.2, -0.15) is 0 Å². The molecule has 4 nitrogen and oxygen atoms in total. The van der Waals surface area contributed by atoms with Crippen molar-refractivity contribution in [2.45, 2.75) is 13.0 Å². The highest BCUT2D eigenvalue weighted by Crippen LogP contribution is 2.06. The number of rotatable bonds is 5. The monoisotopic (exact) mass is 193 g/mol. The van der Waals surface area contributed by atoms with Crippen LogP contribution in [0.2, 0.25) is 0 Å². The molecule has 1 unspecified atom stereocenters. The molecule has 0 aliphatic carbocycles. The van der Waals surface area contributed by atoms with Gasteiger partial charge < -0.3 is 5.32 Å². The van der Waals surface area contributed by atoms with E-state index in [1.54, 1.807) is 0 Å². The molecule has 1 rings (SSSR count). The second-order valence-electron chi connectivity index (χ2n) is 3.21. The molecule has 1 aromatic rings. The third-order valence-electron chi connectivity index (χ3n) is 1.81. The van der Waals surface area contributed by atoms with E-state index in [1.165, 1.54) is 0 Å². The normalized spacial score (nSPS) is 11.9. The first-order chi connectivity index (χ1) is 6.72. The van der Waals surface area contributed by atoms with Crippen molar-refractivity contribution in [1.29, 1.82) is 0 Å². The zero-order chi connectivity index (χ0) is 10.4. The molecule has 1 aromatic carbocycles. The predicted octanol–water partition coefficient (Wildman–Crippen LogP) is 0.819. The van der Waals surface area contributed by atoms with Crippen LogP contribution in [0.3, 0.4) is 0 Å². The first kappa shape index (κ1) is 10.5. The lowest BCUT2D eigenvalue weighted by molar-refractivity contribution is -0.118. The van der Waals surface area contributed by atoms with Gasteiger partial charge in [-0.05, 0) is 19.1 Å². The van der Waals surface area contributed by atoms with Crippen molar-refractivity contribution in [2.75, 3.05) is 11.9 Å². The van der Waals surface area contributed by atoms with Crippen LogP contribution in [-0.4, -0.2) is 24.0 Å². The molecule has 3 N–H and O–H groups in total. The summed E-state index contributed by atoms with van der Waals surface area (Å²) in [6, 6.07) is 9.93. The van der Waals surface area contributed by atoms with Crippen molar-refractivity contribution in [3.05, 3.63) is 30.3 Å². The summed E-state index contributed by atoms with van der Waals surface area (Å²) in [7, 11) is 0. The highest BCUT2D eigenvalue weighted by atomic mass is 16.1. The summed E-state index contributed by atoms with van der Waals surface area (Å²) in [5.74, 6) is 5.35. The van der Waals surface area contributed by atoms with Gasteiger partial charge in [0.05, 0.1) is 6.54 Å². The predicted molar refractivity (Wildman–Crippen MR) is 56.5 cm³/mol. The lowest BCUT2D eigenvalue weighted by Gasteiger charge is -2.19. The Kier molecular flexibility index (Phi) is 3.94. The van der Waals surface area contributed by atoms with Crippen LogP contribution in [0.15, 0.2) is 30.3 Å². The van der Waals surface area contributed by atoms with Crippen LogP contribution in [-0.2, 0) is 4.79 Å². The van der Waals surface area contributed by atoms with E-state index in [-0.39, 0.29) is 6.04 Å². The minimum Gasteiger partial charge on any atom is -0.381 e. The number of nitrogens with two attached hydrogens (primary N) is 1. The molecule has 0 aromatic heterocycles. The summed E-state index contributed by atoms with van der Waals surface area (Å²) < 4.78 is 0. The van der Waals surface area contributed by atoms with Crippen LogP contribution in [0.25, 0.3) is 0 Å². The van der Waals surface area contributed by atoms with Gasteiger partial charge in [-0.1, -0.05) is 18.2 Å². The minimum absolute atomic E-state index is 0.132. The molecule has 0 fully saturated rings. The molecule has 76 valence electrons. The van der Waals surface area contributed by atoms with Gasteiger partial charge in [-0.15, -0.1) is 0 Å². The van der Waals surface area contributed by atoms with Gasteiger partial charge >= 0.3 is 0 Å². The summed E-state index contributed by atoms with van der Waals surface area (Å²) in [5, 5.41) is 4.35. The van der Waals surface area contributed by atoms with Gasteiger partial charge in [-0.25, -0.2) is 5.84 Å². The molecule has 0 radical (unpaired) electrons. The highest BCUT2D eigenvalue weighted by Gasteiger charge is 2.04. The SMILES string of the molecule is CC(CN(N)C=O)Nc1ccccc1. The van der Waals surface area contributed by atoms with Gasteiger partial charge in [0.1, 0.15) is 0 Å². The molecular formula is C10H15N3O. The first-order valence-corrected chi connectivity index (χ1v) is 4.50. The van der Waals surface area contributed by atoms with Gasteiger partial charge in [0.15, 0.2) is 0 Å². The van der Waals surface area contributed by atoms with E-state index in [0.717, 1.165) is 10.7 Å². The Bertz CT molecular complexity index is 276. The number of nitrogens with one attached hydrogen (secondary N) is 1. The minimum atomic E-state index is 0.132. The fourth-order valence-electron chi connectivity index (χ4n) is 1.22. The number of hydrogen-bond acceptors (Lipinski definition) is 3. The largest absolute Gasteiger partial charge is 0.381 e. The van der Waals surface area contributed by atoms with Gasteiger partial charge in [0, 0.05) is 11.7 Å². The van der Waals surface area contributed by atoms with Crippen molar-refractivity contribution in [3.8, 4) is 0 Å². The van der Waals surface area contributed by atoms with Crippen LogP contribution in [0.1, 0.15) is 6.92 Å². The number of para-hydroxylation sites is 1. The maximum atomic E-state index is 10.3. The third-order valence-corrected chi connectivity index (χ3v) is 1.81. The van der Waals surface area contributed by atoms with E-state index in [0.29, 0.717) is 13.0 Å². The number of carbonyl (C=O) groups excluding carboxylic acids is 1. The molecule has 0 spiro atoms. The maximum Gasteiger partial charge on any atom is 0.223 e. The maximum absolute atomic E-state index is 10.3. The molecular weight excluding hydrogens is 178 g/mol. The van der Waals surface area contributed by atoms with Gasteiger partial charge in [0.2, 0.25) is 6.41 Å². The van der Waals surface area contributed by atoms with E-state index in [2.05, 4.69) is 5.32 Å². The number of nitrogens with zero attached hydrogens (tertiary/aromatic N) is 1. The summed E-state index contributed by atoms with van der Waals surface area (Å²) in [6.45, 7) is 2.45. The summed E-state index contributed by atoms with van der Waals surface area (Å²) in [4.78, 5) is 10.3. The van der Waals surface area contributed by atoms with Crippen molar-refractivity contribution in [3.63, 3.8) is 0 Å². The zero-order valence-corrected chi connectivity index (χ0v) is 8.18. The first-order valence-electron chi connectivity index (χ1n) is 4.50. The number of benzene rings is 1. The van der Waals surface area contributed by atoms with Crippen molar-refractivity contribution < 1.29 is 4.79 Å². The number of anilines is 1. The molecule has 0 bridgehead atoms. The van der Waals surface area contributed by atoms with E-state index in [4.69, 9.17) is 5.84 Å². The molecule has 0 aliphatic heterocycles. The van der Waals surface area contributed by atoms with E-state index in [9.17, 15) is 4.79 Å². The van der Waals surface area contributed by atoms with Gasteiger partial charge in [-0.3, -0.25) is 9.80 Å². The topological polar surface area (TPSA) is 58.4 Å². The van der Waals surface area contributed by atoms with Crippen molar-refractivity contribution >= 4 is 12.1 Å². The average Bonchev–Trinajstić information content (AvgIpc) is 2.19. The molecule has 0 heterocycles. The van der Waals surface area contributed by atoms with E-state index >= 15 is 0 Å². The fraction of sp³-hybridized carbons (Fsp3) is 0.300. The van der Waals surface area contributed by atoms with Crippen LogP contribution < -0.4 is 11.2 Å². The average molecular weight is 193 g/mol. The second kappa shape index (κ2) is 5.24. The number of carbonyl (C=O) groups is 1. The Morgan fingerprint density at radius 3 is 2.71 bits per heavy atom. The quantitative estimate of drug-likeness (QED) is 0.315. The second-order valence-corrected chi connectivity index (χ2v) is 3.21. The molecule has 1 amide bonds. The Hall–Kier alpha value is -1.55. The summed E-state index contributed by atoms with van der Waals surface area (Å²) in [5.41, 5.74) is 1.03.